The maximum atomic E-state index is 13.2. The number of nitrogens with zero attached hydrogens (tertiary/aromatic N) is 5. The number of carbonyl (C=O) groups excluding carboxylic acids is 2. The molecular weight excluding hydrogens is 422 g/mol. The van der Waals surface area contributed by atoms with Gasteiger partial charge in [-0.15, -0.1) is 0 Å². The van der Waals surface area contributed by atoms with Crippen molar-refractivity contribution in [1.29, 1.82) is 0 Å². The number of aromatic nitrogens is 4. The lowest BCUT2D eigenvalue weighted by atomic mass is 9.94. The lowest BCUT2D eigenvalue weighted by Gasteiger charge is -2.26. The molecule has 1 atom stereocenters. The molecule has 9 heteroatoms. The highest BCUT2D eigenvalue weighted by atomic mass is 16.5. The number of carbonyl (C=O) groups is 2. The molecule has 9 nitrogen and oxygen atoms in total. The number of ketones is 1. The Morgan fingerprint density at radius 2 is 1.94 bits per heavy atom. The zero-order valence-electron chi connectivity index (χ0n) is 19.1. The summed E-state index contributed by atoms with van der Waals surface area (Å²) in [5.41, 5.74) is 2.44. The molecule has 3 heterocycles. The van der Waals surface area contributed by atoms with Crippen LogP contribution in [0.25, 0.3) is 5.76 Å². The van der Waals surface area contributed by atoms with E-state index in [1.807, 2.05) is 35.9 Å². The highest BCUT2D eigenvalue weighted by Crippen LogP contribution is 2.43. The topological polar surface area (TPSA) is 102 Å². The van der Waals surface area contributed by atoms with E-state index in [0.29, 0.717) is 47.8 Å². The first-order chi connectivity index (χ1) is 15.8. The second-order valence-electron chi connectivity index (χ2n) is 8.06. The van der Waals surface area contributed by atoms with E-state index in [9.17, 15) is 14.7 Å². The number of hydrogen-bond acceptors (Lipinski definition) is 6. The molecule has 1 aliphatic heterocycles. The standard InChI is InChI=1S/C24H27N5O4/c1-15-19(16(2)27(3)26-15)22(30)20-21(17-8-5-6-9-18(17)33-4)29(24(32)23(20)31)12-7-11-28-13-10-25-14-28/h5-6,8-10,13-14,21,30H,7,11-12H2,1-4H3/b22-20+. The number of Topliss-reactive ketones (excluding diaryl/α,β-unsaturated/α-hetero) is 1. The summed E-state index contributed by atoms with van der Waals surface area (Å²) in [6.45, 7) is 4.55. The summed E-state index contributed by atoms with van der Waals surface area (Å²) in [5, 5.41) is 15.7. The molecule has 1 fully saturated rings. The lowest BCUT2D eigenvalue weighted by Crippen LogP contribution is -2.31. The molecule has 1 saturated heterocycles. The van der Waals surface area contributed by atoms with Crippen LogP contribution in [0.4, 0.5) is 0 Å². The van der Waals surface area contributed by atoms with Crippen LogP contribution in [0, 0.1) is 13.8 Å². The minimum atomic E-state index is -0.775. The number of methoxy groups -OCH3 is 1. The minimum Gasteiger partial charge on any atom is -0.507 e. The normalized spacial score (nSPS) is 17.7. The van der Waals surface area contributed by atoms with Crippen molar-refractivity contribution in [3.8, 4) is 5.75 Å². The average molecular weight is 450 g/mol. The van der Waals surface area contributed by atoms with Crippen molar-refractivity contribution in [3.63, 3.8) is 0 Å². The van der Waals surface area contributed by atoms with E-state index in [0.717, 1.165) is 0 Å². The first-order valence-corrected chi connectivity index (χ1v) is 10.7. The van der Waals surface area contributed by atoms with E-state index in [1.165, 1.54) is 4.90 Å². The Kier molecular flexibility index (Phi) is 6.04. The summed E-state index contributed by atoms with van der Waals surface area (Å²) in [6.07, 6.45) is 5.86. The molecule has 33 heavy (non-hydrogen) atoms. The Labute approximate surface area is 191 Å². The van der Waals surface area contributed by atoms with Gasteiger partial charge in [-0.05, 0) is 26.3 Å². The van der Waals surface area contributed by atoms with Crippen molar-refractivity contribution in [2.75, 3.05) is 13.7 Å². The van der Waals surface area contributed by atoms with Gasteiger partial charge in [-0.3, -0.25) is 14.3 Å². The number of ether oxygens (including phenoxy) is 1. The monoisotopic (exact) mass is 449 g/mol. The molecule has 1 aliphatic rings. The second-order valence-corrected chi connectivity index (χ2v) is 8.06. The molecule has 172 valence electrons. The highest BCUT2D eigenvalue weighted by Gasteiger charge is 2.47. The molecule has 0 aliphatic carbocycles. The van der Waals surface area contributed by atoms with Crippen LogP contribution in [0.15, 0.2) is 48.6 Å². The maximum Gasteiger partial charge on any atom is 0.295 e. The third-order valence-corrected chi connectivity index (χ3v) is 6.09. The zero-order chi connectivity index (χ0) is 23.7. The smallest absolute Gasteiger partial charge is 0.295 e. The van der Waals surface area contributed by atoms with Gasteiger partial charge in [0.25, 0.3) is 11.7 Å². The maximum absolute atomic E-state index is 13.2. The van der Waals surface area contributed by atoms with Gasteiger partial charge in [-0.1, -0.05) is 18.2 Å². The summed E-state index contributed by atoms with van der Waals surface area (Å²) >= 11 is 0. The van der Waals surface area contributed by atoms with Crippen molar-refractivity contribution in [3.05, 3.63) is 71.1 Å². The van der Waals surface area contributed by atoms with Crippen LogP contribution in [-0.4, -0.2) is 54.7 Å². The van der Waals surface area contributed by atoms with Crippen molar-refractivity contribution in [2.24, 2.45) is 7.05 Å². The zero-order valence-corrected chi connectivity index (χ0v) is 19.1. The molecule has 0 saturated carbocycles. The molecule has 2 aromatic heterocycles. The first kappa shape index (κ1) is 22.3. The molecule has 3 aromatic rings. The molecule has 1 aromatic carbocycles. The SMILES string of the molecule is COc1ccccc1C1/C(=C(\O)c2c(C)nn(C)c2C)C(=O)C(=O)N1CCCn1ccnc1. The number of rotatable bonds is 7. The lowest BCUT2D eigenvalue weighted by molar-refractivity contribution is -0.140. The van der Waals surface area contributed by atoms with Gasteiger partial charge in [0.15, 0.2) is 0 Å². The second kappa shape index (κ2) is 8.93. The molecule has 1 N–H and O–H groups in total. The summed E-state index contributed by atoms with van der Waals surface area (Å²) in [6, 6.07) is 6.46. The van der Waals surface area contributed by atoms with Gasteiger partial charge in [-0.2, -0.15) is 5.10 Å². The summed E-state index contributed by atoms with van der Waals surface area (Å²) in [7, 11) is 3.31. The molecule has 1 unspecified atom stereocenters. The van der Waals surface area contributed by atoms with Crippen LogP contribution in [-0.2, 0) is 23.2 Å². The van der Waals surface area contributed by atoms with E-state index in [4.69, 9.17) is 4.74 Å². The number of likely N-dealkylation sites (tertiary alicyclic amines) is 1. The quantitative estimate of drug-likeness (QED) is 0.338. The number of hydrogen-bond donors (Lipinski definition) is 1. The van der Waals surface area contributed by atoms with Crippen LogP contribution in [0.2, 0.25) is 0 Å². The molecular formula is C24H27N5O4. The highest BCUT2D eigenvalue weighted by molar-refractivity contribution is 6.46. The molecule has 4 rings (SSSR count). The number of aliphatic hydroxyl groups is 1. The fourth-order valence-electron chi connectivity index (χ4n) is 4.42. The van der Waals surface area contributed by atoms with Gasteiger partial charge < -0.3 is 19.3 Å². The Bertz CT molecular complexity index is 1230. The summed E-state index contributed by atoms with van der Waals surface area (Å²) < 4.78 is 9.10. The number of para-hydroxylation sites is 1. The predicted octanol–water partition coefficient (Wildman–Crippen LogP) is 2.75. The number of aliphatic hydroxyl groups excluding tert-OH is 1. The minimum absolute atomic E-state index is 0.0475. The molecule has 0 spiro atoms. The molecule has 0 radical (unpaired) electrons. The Balaban J connectivity index is 1.82. The fraction of sp³-hybridized carbons (Fsp3) is 0.333. The average Bonchev–Trinajstić information content (AvgIpc) is 3.47. The third kappa shape index (κ3) is 3.90. The predicted molar refractivity (Wildman–Crippen MR) is 122 cm³/mol. The van der Waals surface area contributed by atoms with E-state index in [1.54, 1.807) is 44.4 Å². The Morgan fingerprint density at radius 3 is 2.58 bits per heavy atom. The van der Waals surface area contributed by atoms with Crippen LogP contribution in [0.5, 0.6) is 5.75 Å². The summed E-state index contributed by atoms with van der Waals surface area (Å²) in [5.74, 6) is -1.04. The Morgan fingerprint density at radius 1 is 1.18 bits per heavy atom. The molecule has 0 bridgehead atoms. The van der Waals surface area contributed by atoms with E-state index in [-0.39, 0.29) is 11.3 Å². The third-order valence-electron chi connectivity index (χ3n) is 6.09. The van der Waals surface area contributed by atoms with E-state index >= 15 is 0 Å². The van der Waals surface area contributed by atoms with Gasteiger partial charge >= 0.3 is 0 Å². The van der Waals surface area contributed by atoms with Crippen LogP contribution >= 0.6 is 0 Å². The van der Waals surface area contributed by atoms with Crippen molar-refractivity contribution in [1.82, 2.24) is 24.2 Å². The summed E-state index contributed by atoms with van der Waals surface area (Å²) in [4.78, 5) is 31.9. The molecule has 1 amide bonds. The van der Waals surface area contributed by atoms with Crippen LogP contribution in [0.1, 0.15) is 35.0 Å². The number of amides is 1. The number of imidazole rings is 1. The van der Waals surface area contributed by atoms with E-state index < -0.39 is 17.7 Å². The van der Waals surface area contributed by atoms with Gasteiger partial charge in [0.2, 0.25) is 0 Å². The van der Waals surface area contributed by atoms with Crippen LogP contribution in [0.3, 0.4) is 0 Å². The van der Waals surface area contributed by atoms with Gasteiger partial charge in [-0.25, -0.2) is 4.98 Å². The van der Waals surface area contributed by atoms with Crippen molar-refractivity contribution >= 4 is 17.4 Å². The van der Waals surface area contributed by atoms with Crippen molar-refractivity contribution < 1.29 is 19.4 Å². The number of aryl methyl sites for hydroxylation is 3. The van der Waals surface area contributed by atoms with Gasteiger partial charge in [0, 0.05) is 43.8 Å². The largest absolute Gasteiger partial charge is 0.507 e. The Hall–Kier alpha value is -3.88. The fourth-order valence-corrected chi connectivity index (χ4v) is 4.42. The van der Waals surface area contributed by atoms with Crippen molar-refractivity contribution in [2.45, 2.75) is 32.9 Å². The van der Waals surface area contributed by atoms with E-state index in [2.05, 4.69) is 10.1 Å². The van der Waals surface area contributed by atoms with Crippen LogP contribution < -0.4 is 4.74 Å². The number of benzene rings is 1. The first-order valence-electron chi connectivity index (χ1n) is 10.7. The van der Waals surface area contributed by atoms with Gasteiger partial charge in [0.1, 0.15) is 11.5 Å². The van der Waals surface area contributed by atoms with Gasteiger partial charge in [0.05, 0.1) is 36.3 Å².